The molecule has 1 fully saturated rings. The maximum atomic E-state index is 13.1. The monoisotopic (exact) mass is 464 g/mol. The number of halogens is 1. The summed E-state index contributed by atoms with van der Waals surface area (Å²) < 4.78 is 15.1. The van der Waals surface area contributed by atoms with Crippen molar-refractivity contribution >= 4 is 17.5 Å². The molecule has 4 rings (SSSR count). The molecule has 34 heavy (non-hydrogen) atoms. The van der Waals surface area contributed by atoms with Crippen molar-refractivity contribution < 1.29 is 14.0 Å². The molecule has 1 N–H and O–H groups in total. The molecule has 0 aliphatic carbocycles. The van der Waals surface area contributed by atoms with Crippen LogP contribution in [0.5, 0.6) is 0 Å². The minimum absolute atomic E-state index is 0.0605. The molecule has 1 aliphatic heterocycles. The fourth-order valence-electron chi connectivity index (χ4n) is 4.30. The first kappa shape index (κ1) is 23.5. The molecule has 1 aliphatic rings. The van der Waals surface area contributed by atoms with Gasteiger partial charge in [0.05, 0.1) is 17.3 Å². The van der Waals surface area contributed by atoms with E-state index in [0.717, 1.165) is 18.7 Å². The maximum absolute atomic E-state index is 13.1. The molecule has 2 aromatic heterocycles. The number of nitrogens with one attached hydrogen (secondary N) is 1. The fourth-order valence-corrected chi connectivity index (χ4v) is 4.30. The second-order valence-corrected chi connectivity index (χ2v) is 8.82. The van der Waals surface area contributed by atoms with E-state index in [2.05, 4.69) is 34.1 Å². The largest absolute Gasteiger partial charge is 0.334 e. The quantitative estimate of drug-likeness (QED) is 0.564. The van der Waals surface area contributed by atoms with Crippen LogP contribution in [0.1, 0.15) is 72.8 Å². The van der Waals surface area contributed by atoms with Crippen molar-refractivity contribution in [3.63, 3.8) is 0 Å². The third-order valence-electron chi connectivity index (χ3n) is 6.05. The number of imidazole rings is 1. The van der Waals surface area contributed by atoms with Crippen LogP contribution in [0.3, 0.4) is 0 Å². The van der Waals surface area contributed by atoms with E-state index in [1.165, 1.54) is 30.5 Å². The van der Waals surface area contributed by atoms with E-state index in [4.69, 9.17) is 0 Å². The van der Waals surface area contributed by atoms with E-state index in [-0.39, 0.29) is 23.7 Å². The van der Waals surface area contributed by atoms with Gasteiger partial charge in [0.25, 0.3) is 5.91 Å². The first-order valence-electron chi connectivity index (χ1n) is 11.5. The minimum atomic E-state index is -0.372. The Morgan fingerprint density at radius 3 is 2.68 bits per heavy atom. The highest BCUT2D eigenvalue weighted by atomic mass is 19.1. The van der Waals surface area contributed by atoms with Crippen molar-refractivity contribution in [3.05, 3.63) is 71.6 Å². The lowest BCUT2D eigenvalue weighted by Gasteiger charge is -2.24. The van der Waals surface area contributed by atoms with Gasteiger partial charge in [-0.05, 0) is 44.0 Å². The van der Waals surface area contributed by atoms with Crippen molar-refractivity contribution in [3.8, 4) is 0 Å². The van der Waals surface area contributed by atoms with Crippen LogP contribution in [0, 0.1) is 12.7 Å². The van der Waals surface area contributed by atoms with E-state index in [1.54, 1.807) is 13.1 Å². The number of amides is 2. The lowest BCUT2D eigenvalue weighted by molar-refractivity contribution is -0.132. The number of carbonyl (C=O) groups is 2. The molecule has 3 heterocycles. The highest BCUT2D eigenvalue weighted by molar-refractivity contribution is 6.04. The number of hydrogen-bond acceptors (Lipinski definition) is 5. The van der Waals surface area contributed by atoms with Gasteiger partial charge in [-0.25, -0.2) is 19.3 Å². The Kier molecular flexibility index (Phi) is 7.00. The van der Waals surface area contributed by atoms with Crippen LogP contribution in [-0.4, -0.2) is 42.8 Å². The highest BCUT2D eigenvalue weighted by Gasteiger charge is 2.32. The number of aryl methyl sites for hydroxylation is 2. The van der Waals surface area contributed by atoms with Gasteiger partial charge in [-0.15, -0.1) is 0 Å². The molecule has 2 amide bonds. The number of likely N-dealkylation sites (tertiary alicyclic amines) is 1. The van der Waals surface area contributed by atoms with Crippen molar-refractivity contribution in [2.45, 2.75) is 58.5 Å². The van der Waals surface area contributed by atoms with Gasteiger partial charge in [0.2, 0.25) is 5.91 Å². The summed E-state index contributed by atoms with van der Waals surface area (Å²) >= 11 is 0. The minimum Gasteiger partial charge on any atom is -0.334 e. The first-order valence-corrected chi connectivity index (χ1v) is 11.5. The SMILES string of the molecule is Cc1nc(C2CCCN2C(=O)CCn2ccnc2C(C)C)ncc1C(=O)Nc1ccc(F)cc1. The lowest BCUT2D eigenvalue weighted by Crippen LogP contribution is -2.32. The van der Waals surface area contributed by atoms with Gasteiger partial charge in [-0.1, -0.05) is 13.8 Å². The van der Waals surface area contributed by atoms with Crippen LogP contribution in [-0.2, 0) is 11.3 Å². The average molecular weight is 465 g/mol. The summed E-state index contributed by atoms with van der Waals surface area (Å²) in [6.07, 6.45) is 7.22. The Morgan fingerprint density at radius 2 is 1.97 bits per heavy atom. The Bertz CT molecular complexity index is 1170. The van der Waals surface area contributed by atoms with Crippen LogP contribution in [0.15, 0.2) is 42.9 Å². The summed E-state index contributed by atoms with van der Waals surface area (Å²) in [7, 11) is 0. The van der Waals surface area contributed by atoms with E-state index in [9.17, 15) is 14.0 Å². The summed E-state index contributed by atoms with van der Waals surface area (Å²) in [5, 5.41) is 2.73. The van der Waals surface area contributed by atoms with E-state index in [0.29, 0.717) is 48.2 Å². The smallest absolute Gasteiger partial charge is 0.259 e. The zero-order valence-corrected chi connectivity index (χ0v) is 19.7. The Morgan fingerprint density at radius 1 is 1.21 bits per heavy atom. The molecule has 9 heteroatoms. The van der Waals surface area contributed by atoms with Crippen LogP contribution in [0.2, 0.25) is 0 Å². The molecular formula is C25H29FN6O2. The first-order chi connectivity index (χ1) is 16.3. The van der Waals surface area contributed by atoms with Crippen LogP contribution < -0.4 is 5.32 Å². The van der Waals surface area contributed by atoms with Gasteiger partial charge in [0.15, 0.2) is 5.82 Å². The topological polar surface area (TPSA) is 93.0 Å². The standard InChI is InChI=1S/C25H29FN6O2/c1-16(2)24-27-11-14-31(24)13-10-22(33)32-12-4-5-21(32)23-28-15-20(17(3)29-23)25(34)30-19-8-6-18(26)7-9-19/h6-9,11,14-16,21H,4-5,10,12-13H2,1-3H3,(H,30,34). The molecule has 1 saturated heterocycles. The summed E-state index contributed by atoms with van der Waals surface area (Å²) in [5.74, 6) is 1.13. The second-order valence-electron chi connectivity index (χ2n) is 8.82. The summed E-state index contributed by atoms with van der Waals surface area (Å²) in [5.41, 5.74) is 1.36. The van der Waals surface area contributed by atoms with Gasteiger partial charge in [0, 0.05) is 49.7 Å². The van der Waals surface area contributed by atoms with Gasteiger partial charge in [-0.3, -0.25) is 9.59 Å². The zero-order valence-electron chi connectivity index (χ0n) is 19.7. The lowest BCUT2D eigenvalue weighted by atomic mass is 10.1. The van der Waals surface area contributed by atoms with Gasteiger partial charge >= 0.3 is 0 Å². The molecule has 0 radical (unpaired) electrons. The zero-order chi connectivity index (χ0) is 24.2. The van der Waals surface area contributed by atoms with Crippen molar-refractivity contribution in [2.75, 3.05) is 11.9 Å². The maximum Gasteiger partial charge on any atom is 0.259 e. The Balaban J connectivity index is 1.43. The average Bonchev–Trinajstić information content (AvgIpc) is 3.49. The van der Waals surface area contributed by atoms with Gasteiger partial charge < -0.3 is 14.8 Å². The third-order valence-corrected chi connectivity index (χ3v) is 6.05. The molecule has 1 aromatic carbocycles. The van der Waals surface area contributed by atoms with E-state index >= 15 is 0 Å². The number of carbonyl (C=O) groups excluding carboxylic acids is 2. The van der Waals surface area contributed by atoms with Gasteiger partial charge in [-0.2, -0.15) is 0 Å². The molecule has 0 bridgehead atoms. The van der Waals surface area contributed by atoms with E-state index < -0.39 is 0 Å². The normalized spacial score (nSPS) is 15.7. The number of rotatable bonds is 7. The molecule has 1 unspecified atom stereocenters. The van der Waals surface area contributed by atoms with Crippen molar-refractivity contribution in [2.24, 2.45) is 0 Å². The van der Waals surface area contributed by atoms with Crippen LogP contribution in [0.4, 0.5) is 10.1 Å². The van der Waals surface area contributed by atoms with Crippen molar-refractivity contribution in [1.29, 1.82) is 0 Å². The number of anilines is 1. The molecule has 178 valence electrons. The molecule has 8 nitrogen and oxygen atoms in total. The number of hydrogen-bond donors (Lipinski definition) is 1. The summed E-state index contributed by atoms with van der Waals surface area (Å²) in [6, 6.07) is 5.35. The Labute approximate surface area is 198 Å². The third kappa shape index (κ3) is 5.13. The number of nitrogens with zero attached hydrogens (tertiary/aromatic N) is 5. The predicted molar refractivity (Wildman–Crippen MR) is 126 cm³/mol. The van der Waals surface area contributed by atoms with E-state index in [1.807, 2.05) is 15.7 Å². The molecule has 3 aromatic rings. The number of benzene rings is 1. The molecule has 1 atom stereocenters. The van der Waals surface area contributed by atoms with Crippen LogP contribution in [0.25, 0.3) is 0 Å². The Hall–Kier alpha value is -3.62. The second kappa shape index (κ2) is 10.1. The summed E-state index contributed by atoms with van der Waals surface area (Å²) in [6.45, 7) is 7.16. The van der Waals surface area contributed by atoms with Crippen molar-refractivity contribution in [1.82, 2.24) is 24.4 Å². The summed E-state index contributed by atoms with van der Waals surface area (Å²) in [4.78, 5) is 40.9. The fraction of sp³-hybridized carbons (Fsp3) is 0.400. The van der Waals surface area contributed by atoms with Crippen LogP contribution >= 0.6 is 0 Å². The highest BCUT2D eigenvalue weighted by Crippen LogP contribution is 2.31. The predicted octanol–water partition coefficient (Wildman–Crippen LogP) is 4.25. The molecule has 0 spiro atoms. The molecular weight excluding hydrogens is 435 g/mol. The number of aromatic nitrogens is 4. The molecule has 0 saturated carbocycles. The van der Waals surface area contributed by atoms with Gasteiger partial charge in [0.1, 0.15) is 11.6 Å².